The Labute approximate surface area is 94.0 Å². The number of carbonyl (C=O) groups excluding carboxylic acids is 1. The summed E-state index contributed by atoms with van der Waals surface area (Å²) in [5, 5.41) is 5.29. The smallest absolute Gasteiger partial charge is 0.262 e. The normalized spacial score (nSPS) is 34.8. The van der Waals surface area contributed by atoms with E-state index >= 15 is 0 Å². The van der Waals surface area contributed by atoms with E-state index in [2.05, 4.69) is 24.5 Å². The van der Waals surface area contributed by atoms with Gasteiger partial charge in [0.2, 0.25) is 5.91 Å². The van der Waals surface area contributed by atoms with Crippen LogP contribution in [0.15, 0.2) is 0 Å². The lowest BCUT2D eigenvalue weighted by atomic mass is 10.1. The summed E-state index contributed by atoms with van der Waals surface area (Å²) in [5.41, 5.74) is 0.306. The molecule has 1 amide bonds. The van der Waals surface area contributed by atoms with Gasteiger partial charge in [0.25, 0.3) is 5.92 Å². The molecule has 16 heavy (non-hydrogen) atoms. The van der Waals surface area contributed by atoms with Gasteiger partial charge in [0.1, 0.15) is 0 Å². The van der Waals surface area contributed by atoms with Gasteiger partial charge in [-0.05, 0) is 17.8 Å². The molecule has 2 N–H and O–H groups in total. The molecule has 92 valence electrons. The van der Waals surface area contributed by atoms with Crippen LogP contribution in [0.25, 0.3) is 0 Å². The van der Waals surface area contributed by atoms with Crippen molar-refractivity contribution in [1.29, 1.82) is 0 Å². The van der Waals surface area contributed by atoms with Crippen molar-refractivity contribution >= 4 is 5.91 Å². The molecule has 0 aromatic carbocycles. The van der Waals surface area contributed by atoms with Crippen LogP contribution in [0.4, 0.5) is 8.78 Å². The zero-order chi connectivity index (χ0) is 12.0. The first-order valence-electron chi connectivity index (χ1n) is 5.69. The molecule has 0 aromatic heterocycles. The lowest BCUT2D eigenvalue weighted by Crippen LogP contribution is -2.41. The maximum atomic E-state index is 12.8. The van der Waals surface area contributed by atoms with E-state index in [1.54, 1.807) is 0 Å². The number of nitrogens with one attached hydrogen (secondary N) is 2. The Hall–Kier alpha value is -0.710. The predicted octanol–water partition coefficient (Wildman–Crippen LogP) is 1.15. The molecule has 1 heterocycles. The van der Waals surface area contributed by atoms with Crippen LogP contribution in [0.2, 0.25) is 0 Å². The Morgan fingerprint density at radius 1 is 1.44 bits per heavy atom. The fourth-order valence-corrected chi connectivity index (χ4v) is 2.17. The van der Waals surface area contributed by atoms with E-state index in [-0.39, 0.29) is 18.9 Å². The van der Waals surface area contributed by atoms with Crippen LogP contribution in [0.1, 0.15) is 26.7 Å². The minimum Gasteiger partial charge on any atom is -0.354 e. The third-order valence-electron chi connectivity index (χ3n) is 3.67. The van der Waals surface area contributed by atoms with E-state index < -0.39 is 12.0 Å². The van der Waals surface area contributed by atoms with Gasteiger partial charge < -0.3 is 5.32 Å². The van der Waals surface area contributed by atoms with Gasteiger partial charge in [-0.15, -0.1) is 0 Å². The van der Waals surface area contributed by atoms with Gasteiger partial charge in [-0.2, -0.15) is 0 Å². The average molecular weight is 232 g/mol. The van der Waals surface area contributed by atoms with Crippen molar-refractivity contribution in [1.82, 2.24) is 10.6 Å². The molecule has 2 fully saturated rings. The molecule has 0 radical (unpaired) electrons. The highest BCUT2D eigenvalue weighted by atomic mass is 19.3. The van der Waals surface area contributed by atoms with Gasteiger partial charge in [0, 0.05) is 13.0 Å². The van der Waals surface area contributed by atoms with Crippen LogP contribution in [-0.2, 0) is 4.79 Å². The summed E-state index contributed by atoms with van der Waals surface area (Å²) in [5.74, 6) is -2.53. The first-order chi connectivity index (χ1) is 7.30. The van der Waals surface area contributed by atoms with Crippen molar-refractivity contribution < 1.29 is 13.6 Å². The molecular formula is C11H18F2N2O. The SMILES string of the molecule is CC1(C)CC1CNC(=O)C1CC(F)(F)CN1. The van der Waals surface area contributed by atoms with E-state index in [1.807, 2.05) is 0 Å². The van der Waals surface area contributed by atoms with Crippen LogP contribution in [0.5, 0.6) is 0 Å². The molecule has 2 atom stereocenters. The lowest BCUT2D eigenvalue weighted by molar-refractivity contribution is -0.123. The summed E-state index contributed by atoms with van der Waals surface area (Å²) in [6.07, 6.45) is 0.717. The molecule has 0 aromatic rings. The minimum atomic E-state index is -2.74. The lowest BCUT2D eigenvalue weighted by Gasteiger charge is -2.11. The van der Waals surface area contributed by atoms with E-state index in [4.69, 9.17) is 0 Å². The van der Waals surface area contributed by atoms with Crippen LogP contribution < -0.4 is 10.6 Å². The summed E-state index contributed by atoms with van der Waals surface area (Å²) >= 11 is 0. The van der Waals surface area contributed by atoms with E-state index in [1.165, 1.54) is 0 Å². The number of amides is 1. The zero-order valence-electron chi connectivity index (χ0n) is 9.65. The molecule has 2 unspecified atom stereocenters. The maximum Gasteiger partial charge on any atom is 0.262 e. The average Bonchev–Trinajstić information content (AvgIpc) is 2.58. The molecule has 5 heteroatoms. The van der Waals surface area contributed by atoms with Gasteiger partial charge >= 0.3 is 0 Å². The van der Waals surface area contributed by atoms with Crippen molar-refractivity contribution in [2.75, 3.05) is 13.1 Å². The molecule has 1 aliphatic carbocycles. The second kappa shape index (κ2) is 3.65. The summed E-state index contributed by atoms with van der Waals surface area (Å²) in [7, 11) is 0. The van der Waals surface area contributed by atoms with Crippen LogP contribution in [0.3, 0.4) is 0 Å². The zero-order valence-corrected chi connectivity index (χ0v) is 9.65. The van der Waals surface area contributed by atoms with Crippen LogP contribution >= 0.6 is 0 Å². The first-order valence-corrected chi connectivity index (χ1v) is 5.69. The van der Waals surface area contributed by atoms with Crippen molar-refractivity contribution in [2.24, 2.45) is 11.3 Å². The first kappa shape index (κ1) is 11.8. The minimum absolute atomic E-state index is 0.292. The highest BCUT2D eigenvalue weighted by Gasteiger charge is 2.46. The van der Waals surface area contributed by atoms with Gasteiger partial charge in [-0.3, -0.25) is 10.1 Å². The highest BCUT2D eigenvalue weighted by Crippen LogP contribution is 2.50. The van der Waals surface area contributed by atoms with E-state index in [0.29, 0.717) is 17.9 Å². The topological polar surface area (TPSA) is 41.1 Å². The van der Waals surface area contributed by atoms with E-state index in [0.717, 1.165) is 6.42 Å². The third kappa shape index (κ3) is 2.51. The Morgan fingerprint density at radius 3 is 2.50 bits per heavy atom. The summed E-state index contributed by atoms with van der Waals surface area (Å²) in [4.78, 5) is 11.6. The fraction of sp³-hybridized carbons (Fsp3) is 0.909. The monoisotopic (exact) mass is 232 g/mol. The number of hydrogen-bond donors (Lipinski definition) is 2. The van der Waals surface area contributed by atoms with Crippen LogP contribution in [-0.4, -0.2) is 31.0 Å². The van der Waals surface area contributed by atoms with Crippen molar-refractivity contribution in [2.45, 2.75) is 38.7 Å². The molecule has 1 saturated heterocycles. The van der Waals surface area contributed by atoms with Crippen molar-refractivity contribution in [3.63, 3.8) is 0 Å². The molecule has 3 nitrogen and oxygen atoms in total. The van der Waals surface area contributed by atoms with Crippen LogP contribution in [0, 0.1) is 11.3 Å². The van der Waals surface area contributed by atoms with Gasteiger partial charge in [-0.25, -0.2) is 8.78 Å². The molecule has 2 rings (SSSR count). The molecule has 1 aliphatic heterocycles. The van der Waals surface area contributed by atoms with Crippen molar-refractivity contribution in [3.05, 3.63) is 0 Å². The molecule has 2 aliphatic rings. The number of alkyl halides is 2. The predicted molar refractivity (Wildman–Crippen MR) is 56.3 cm³/mol. The van der Waals surface area contributed by atoms with Gasteiger partial charge in [0.15, 0.2) is 0 Å². The van der Waals surface area contributed by atoms with Gasteiger partial charge in [-0.1, -0.05) is 13.8 Å². The Balaban J connectivity index is 1.73. The van der Waals surface area contributed by atoms with Gasteiger partial charge in [0.05, 0.1) is 12.6 Å². The second-order valence-corrected chi connectivity index (χ2v) is 5.63. The quantitative estimate of drug-likeness (QED) is 0.766. The molecule has 1 saturated carbocycles. The fourth-order valence-electron chi connectivity index (χ4n) is 2.17. The third-order valence-corrected chi connectivity index (χ3v) is 3.67. The Bertz CT molecular complexity index is 304. The second-order valence-electron chi connectivity index (χ2n) is 5.63. The number of halogens is 2. The number of carbonyl (C=O) groups is 1. The Morgan fingerprint density at radius 2 is 2.06 bits per heavy atom. The largest absolute Gasteiger partial charge is 0.354 e. The number of rotatable bonds is 3. The molecular weight excluding hydrogens is 214 g/mol. The molecule has 0 spiro atoms. The number of hydrogen-bond acceptors (Lipinski definition) is 2. The summed E-state index contributed by atoms with van der Waals surface area (Å²) in [6.45, 7) is 4.51. The van der Waals surface area contributed by atoms with E-state index in [9.17, 15) is 13.6 Å². The Kier molecular flexibility index (Phi) is 2.69. The molecule has 0 bridgehead atoms. The highest BCUT2D eigenvalue weighted by molar-refractivity contribution is 5.82. The maximum absolute atomic E-state index is 12.8. The summed E-state index contributed by atoms with van der Waals surface area (Å²) in [6, 6.07) is -0.725. The standard InChI is InChI=1S/C11H18F2N2O/c1-10(2)3-7(10)5-14-9(16)8-4-11(12,13)6-15-8/h7-8,15H,3-6H2,1-2H3,(H,14,16). The van der Waals surface area contributed by atoms with Crippen molar-refractivity contribution in [3.8, 4) is 0 Å². The summed E-state index contributed by atoms with van der Waals surface area (Å²) < 4.78 is 25.7.